The van der Waals surface area contributed by atoms with Gasteiger partial charge in [0.25, 0.3) is 0 Å². The van der Waals surface area contributed by atoms with Gasteiger partial charge in [0.15, 0.2) is 0 Å². The molecule has 0 spiro atoms. The van der Waals surface area contributed by atoms with Gasteiger partial charge in [-0.05, 0) is 53.0 Å². The Morgan fingerprint density at radius 3 is 2.27 bits per heavy atom. The number of hydrogen-bond donors (Lipinski definition) is 3. The number of nitrogens with one attached hydrogen (secondary N) is 1. The molecule has 2 aromatic carbocycles. The number of carboxylic acid groups (broad SMARTS) is 1. The van der Waals surface area contributed by atoms with Gasteiger partial charge in [0.2, 0.25) is 0 Å². The molecular weight excluding hydrogens is 378 g/mol. The number of nitrogens with zero attached hydrogens (tertiary/aromatic N) is 1. The summed E-state index contributed by atoms with van der Waals surface area (Å²) in [5, 5.41) is 11.2. The number of amides is 1. The topological polar surface area (TPSA) is 97.5 Å². The van der Waals surface area contributed by atoms with Crippen LogP contribution in [0.3, 0.4) is 0 Å². The van der Waals surface area contributed by atoms with Gasteiger partial charge < -0.3 is 15.6 Å². The second-order valence-electron chi connectivity index (χ2n) is 6.60. The zero-order chi connectivity index (χ0) is 21.3. The van der Waals surface area contributed by atoms with Gasteiger partial charge in [-0.25, -0.2) is 9.78 Å². The van der Waals surface area contributed by atoms with Crippen molar-refractivity contribution in [3.8, 4) is 5.75 Å². The molecule has 0 aliphatic heterocycles. The Morgan fingerprint density at radius 2 is 1.70 bits per heavy atom. The quantitative estimate of drug-likeness (QED) is 0.466. The fourth-order valence-corrected chi connectivity index (χ4v) is 3.30. The van der Waals surface area contributed by atoms with Crippen LogP contribution in [0.25, 0.3) is 11.1 Å². The maximum atomic E-state index is 10.9. The molecular formula is C24H25N3O3. The minimum atomic E-state index is -1.14. The Bertz CT molecular complexity index is 998. The summed E-state index contributed by atoms with van der Waals surface area (Å²) in [4.78, 5) is 15.1. The van der Waals surface area contributed by atoms with Crippen molar-refractivity contribution in [2.45, 2.75) is 13.3 Å². The maximum absolute atomic E-state index is 10.9. The third kappa shape index (κ3) is 5.24. The Morgan fingerprint density at radius 1 is 1.00 bits per heavy atom. The second kappa shape index (κ2) is 10.2. The monoisotopic (exact) mass is 403 g/mol. The van der Waals surface area contributed by atoms with Gasteiger partial charge in [0.05, 0.1) is 0 Å². The molecule has 4 N–H and O–H groups in total. The van der Waals surface area contributed by atoms with E-state index >= 15 is 0 Å². The summed E-state index contributed by atoms with van der Waals surface area (Å²) >= 11 is 0. The summed E-state index contributed by atoms with van der Waals surface area (Å²) in [5.74, 6) is 1.05. The van der Waals surface area contributed by atoms with Crippen molar-refractivity contribution >= 4 is 23.1 Å². The molecule has 0 saturated heterocycles. The first kappa shape index (κ1) is 21.1. The van der Waals surface area contributed by atoms with E-state index in [4.69, 9.17) is 15.6 Å². The number of hydrogen-bond acceptors (Lipinski definition) is 4. The van der Waals surface area contributed by atoms with E-state index in [9.17, 15) is 4.79 Å². The number of carbonyl (C=O) groups is 1. The highest BCUT2D eigenvalue weighted by molar-refractivity contribution is 5.98. The van der Waals surface area contributed by atoms with Crippen LogP contribution in [0.1, 0.15) is 30.0 Å². The van der Waals surface area contributed by atoms with E-state index in [0.29, 0.717) is 13.2 Å². The van der Waals surface area contributed by atoms with Gasteiger partial charge in [0, 0.05) is 18.3 Å². The lowest BCUT2D eigenvalue weighted by atomic mass is 9.89. The largest absolute Gasteiger partial charge is 0.492 e. The van der Waals surface area contributed by atoms with Gasteiger partial charge in [-0.1, -0.05) is 49.4 Å². The highest BCUT2D eigenvalue weighted by atomic mass is 16.5. The fraction of sp³-hybridized carbons (Fsp3) is 0.167. The molecule has 1 amide bonds. The molecule has 0 atom stereocenters. The van der Waals surface area contributed by atoms with Crippen molar-refractivity contribution in [2.75, 3.05) is 18.5 Å². The van der Waals surface area contributed by atoms with Crippen molar-refractivity contribution < 1.29 is 14.6 Å². The number of aromatic nitrogens is 1. The molecule has 0 fully saturated rings. The number of pyridine rings is 1. The summed E-state index contributed by atoms with van der Waals surface area (Å²) in [7, 11) is 0. The van der Waals surface area contributed by atoms with Crippen LogP contribution < -0.4 is 15.8 Å². The van der Waals surface area contributed by atoms with Gasteiger partial charge in [0.1, 0.15) is 18.2 Å². The zero-order valence-electron chi connectivity index (χ0n) is 16.8. The van der Waals surface area contributed by atoms with Gasteiger partial charge in [-0.2, -0.15) is 0 Å². The van der Waals surface area contributed by atoms with E-state index in [1.807, 2.05) is 48.5 Å². The average Bonchev–Trinajstić information content (AvgIpc) is 2.77. The van der Waals surface area contributed by atoms with Crippen molar-refractivity contribution in [1.29, 1.82) is 0 Å². The Balaban J connectivity index is 2.09. The standard InChI is InChI=1S/C24H25N3O3/c1-2-21(17-6-4-3-5-7-17)23(18-8-11-20(12-9-18)30-15-14-25)19-10-13-22(26-16-19)27-24(28)29/h3-13,16H,2,14-15,25H2,1H3,(H,26,27)(H,28,29)/b23-21+. The van der Waals surface area contributed by atoms with Crippen molar-refractivity contribution in [2.24, 2.45) is 5.73 Å². The number of rotatable bonds is 8. The molecule has 1 heterocycles. The van der Waals surface area contributed by atoms with E-state index in [1.54, 1.807) is 12.3 Å². The Kier molecular flexibility index (Phi) is 7.19. The van der Waals surface area contributed by atoms with Crippen molar-refractivity contribution in [1.82, 2.24) is 4.98 Å². The van der Waals surface area contributed by atoms with E-state index in [1.165, 1.54) is 5.57 Å². The molecule has 0 radical (unpaired) electrons. The smallest absolute Gasteiger partial charge is 0.410 e. The lowest BCUT2D eigenvalue weighted by molar-refractivity contribution is 0.209. The second-order valence-corrected chi connectivity index (χ2v) is 6.60. The van der Waals surface area contributed by atoms with E-state index in [-0.39, 0.29) is 5.82 Å². The van der Waals surface area contributed by atoms with E-state index in [0.717, 1.165) is 34.4 Å². The van der Waals surface area contributed by atoms with Crippen LogP contribution in [0, 0.1) is 0 Å². The van der Waals surface area contributed by atoms with Gasteiger partial charge in [-0.15, -0.1) is 0 Å². The summed E-state index contributed by atoms with van der Waals surface area (Å²) < 4.78 is 5.60. The molecule has 0 unspecified atom stereocenters. The number of ether oxygens (including phenoxy) is 1. The highest BCUT2D eigenvalue weighted by Gasteiger charge is 2.14. The minimum Gasteiger partial charge on any atom is -0.492 e. The van der Waals surface area contributed by atoms with Crippen LogP contribution in [0.4, 0.5) is 10.6 Å². The van der Waals surface area contributed by atoms with Crippen LogP contribution in [-0.2, 0) is 0 Å². The minimum absolute atomic E-state index is 0.286. The predicted octanol–water partition coefficient (Wildman–Crippen LogP) is 4.88. The van der Waals surface area contributed by atoms with Crippen LogP contribution >= 0.6 is 0 Å². The molecule has 6 nitrogen and oxygen atoms in total. The molecule has 0 bridgehead atoms. The normalized spacial score (nSPS) is 11.5. The lowest BCUT2D eigenvalue weighted by Gasteiger charge is -2.17. The molecule has 0 saturated carbocycles. The molecule has 0 aliphatic carbocycles. The lowest BCUT2D eigenvalue weighted by Crippen LogP contribution is -2.10. The highest BCUT2D eigenvalue weighted by Crippen LogP contribution is 2.35. The Hall–Kier alpha value is -3.64. The molecule has 0 aliphatic rings. The first-order chi connectivity index (χ1) is 14.6. The average molecular weight is 403 g/mol. The molecule has 30 heavy (non-hydrogen) atoms. The molecule has 6 heteroatoms. The third-order valence-corrected chi connectivity index (χ3v) is 4.59. The first-order valence-corrected chi connectivity index (χ1v) is 9.80. The third-order valence-electron chi connectivity index (χ3n) is 4.59. The van der Waals surface area contributed by atoms with Crippen LogP contribution in [-0.4, -0.2) is 29.3 Å². The predicted molar refractivity (Wildman–Crippen MR) is 120 cm³/mol. The maximum Gasteiger partial charge on any atom is 0.410 e. The fourth-order valence-electron chi connectivity index (χ4n) is 3.30. The zero-order valence-corrected chi connectivity index (χ0v) is 16.8. The first-order valence-electron chi connectivity index (χ1n) is 9.80. The molecule has 1 aromatic heterocycles. The van der Waals surface area contributed by atoms with E-state index in [2.05, 4.69) is 29.4 Å². The molecule has 154 valence electrons. The Labute approximate surface area is 176 Å². The SMILES string of the molecule is CC/C(=C(/c1ccc(OCCN)cc1)c1ccc(NC(=O)O)nc1)c1ccccc1. The number of allylic oxidation sites excluding steroid dienone is 1. The van der Waals surface area contributed by atoms with Crippen molar-refractivity contribution in [3.05, 3.63) is 89.6 Å². The van der Waals surface area contributed by atoms with Gasteiger partial charge >= 0.3 is 6.09 Å². The van der Waals surface area contributed by atoms with E-state index < -0.39 is 6.09 Å². The van der Waals surface area contributed by atoms with Crippen LogP contribution in [0.5, 0.6) is 5.75 Å². The number of nitrogens with two attached hydrogens (primary N) is 1. The number of anilines is 1. The summed E-state index contributed by atoms with van der Waals surface area (Å²) in [6, 6.07) is 21.6. The molecule has 3 aromatic rings. The van der Waals surface area contributed by atoms with Crippen molar-refractivity contribution in [3.63, 3.8) is 0 Å². The summed E-state index contributed by atoms with van der Waals surface area (Å²) in [5.41, 5.74) is 10.8. The number of benzene rings is 2. The summed E-state index contributed by atoms with van der Waals surface area (Å²) in [6.07, 6.45) is 1.37. The van der Waals surface area contributed by atoms with Crippen LogP contribution in [0.15, 0.2) is 72.9 Å². The molecule has 3 rings (SSSR count). The van der Waals surface area contributed by atoms with Gasteiger partial charge in [-0.3, -0.25) is 5.32 Å². The summed E-state index contributed by atoms with van der Waals surface area (Å²) in [6.45, 7) is 3.05. The van der Waals surface area contributed by atoms with Crippen LogP contribution in [0.2, 0.25) is 0 Å².